The largest absolute Gasteiger partial charge is 0.469 e. The highest BCUT2D eigenvalue weighted by molar-refractivity contribution is 5.91. The summed E-state index contributed by atoms with van der Waals surface area (Å²) in [6, 6.07) is 2.29. The number of halogens is 3. The van der Waals surface area contributed by atoms with Crippen LogP contribution < -0.4 is 5.32 Å². The van der Waals surface area contributed by atoms with E-state index in [9.17, 15) is 32.3 Å². The van der Waals surface area contributed by atoms with Gasteiger partial charge in [-0.1, -0.05) is 12.1 Å². The van der Waals surface area contributed by atoms with Gasteiger partial charge >= 0.3 is 24.1 Å². The highest BCUT2D eigenvalue weighted by Gasteiger charge is 2.38. The lowest BCUT2D eigenvalue weighted by Gasteiger charge is -2.23. The number of alkyl halides is 3. The van der Waals surface area contributed by atoms with Gasteiger partial charge in [0.15, 0.2) is 0 Å². The summed E-state index contributed by atoms with van der Waals surface area (Å²) in [5, 5.41) is 2.26. The molecule has 0 heterocycles. The maximum Gasteiger partial charge on any atom is 0.416 e. The number of hydrogen-bond acceptors (Lipinski definition) is 7. The van der Waals surface area contributed by atoms with Crippen LogP contribution in [0.5, 0.6) is 0 Å². The first-order valence-corrected chi connectivity index (χ1v) is 8.21. The molecule has 0 fully saturated rings. The van der Waals surface area contributed by atoms with E-state index >= 15 is 0 Å². The molecule has 1 aromatic carbocycles. The van der Waals surface area contributed by atoms with Crippen LogP contribution in [0.4, 0.5) is 13.2 Å². The highest BCUT2D eigenvalue weighted by Crippen LogP contribution is 2.29. The van der Waals surface area contributed by atoms with Crippen LogP contribution in [-0.4, -0.2) is 51.2 Å². The first kappa shape index (κ1) is 23.9. The molecule has 0 bridgehead atoms. The second-order valence-corrected chi connectivity index (χ2v) is 5.85. The van der Waals surface area contributed by atoms with Gasteiger partial charge in [0.1, 0.15) is 6.04 Å². The van der Waals surface area contributed by atoms with Gasteiger partial charge in [-0.3, -0.25) is 14.4 Å². The Labute approximate surface area is 164 Å². The van der Waals surface area contributed by atoms with Crippen molar-refractivity contribution in [1.82, 2.24) is 5.32 Å². The molecule has 0 aliphatic rings. The summed E-state index contributed by atoms with van der Waals surface area (Å²) in [4.78, 5) is 47.9. The van der Waals surface area contributed by atoms with Gasteiger partial charge in [-0.05, 0) is 17.7 Å². The fraction of sp³-hybridized carbons (Fsp3) is 0.444. The summed E-state index contributed by atoms with van der Waals surface area (Å²) >= 11 is 0. The molecule has 29 heavy (non-hydrogen) atoms. The van der Waals surface area contributed by atoms with Crippen LogP contribution >= 0.6 is 0 Å². The Kier molecular flexibility index (Phi) is 8.61. The maximum absolute atomic E-state index is 12.6. The Morgan fingerprint density at radius 3 is 1.93 bits per heavy atom. The van der Waals surface area contributed by atoms with Gasteiger partial charge in [-0.25, -0.2) is 4.79 Å². The molecule has 1 aromatic rings. The van der Waals surface area contributed by atoms with E-state index in [1.165, 1.54) is 0 Å². The average molecular weight is 419 g/mol. The normalized spacial score (nSPS) is 13.0. The fourth-order valence-electron chi connectivity index (χ4n) is 2.42. The molecule has 0 unspecified atom stereocenters. The van der Waals surface area contributed by atoms with Gasteiger partial charge in [-0.15, -0.1) is 0 Å². The van der Waals surface area contributed by atoms with Crippen molar-refractivity contribution in [3.63, 3.8) is 0 Å². The summed E-state index contributed by atoms with van der Waals surface area (Å²) in [7, 11) is 3.13. The van der Waals surface area contributed by atoms with E-state index < -0.39 is 53.9 Å². The molecule has 1 N–H and O–H groups in total. The smallest absolute Gasteiger partial charge is 0.416 e. The van der Waals surface area contributed by atoms with Gasteiger partial charge in [0, 0.05) is 0 Å². The van der Waals surface area contributed by atoms with Crippen molar-refractivity contribution in [1.29, 1.82) is 0 Å². The lowest BCUT2D eigenvalue weighted by atomic mass is 9.95. The quantitative estimate of drug-likeness (QED) is 0.499. The molecule has 0 aromatic heterocycles. The number of esters is 3. The number of methoxy groups -OCH3 is 3. The number of ether oxygens (including phenoxy) is 3. The number of carbonyl (C=O) groups excluding carboxylic acids is 4. The molecular weight excluding hydrogens is 399 g/mol. The first-order valence-electron chi connectivity index (χ1n) is 8.21. The zero-order valence-corrected chi connectivity index (χ0v) is 15.9. The molecule has 0 spiro atoms. The summed E-state index contributed by atoms with van der Waals surface area (Å²) in [6.07, 6.45) is -5.46. The predicted octanol–water partition coefficient (Wildman–Crippen LogP) is 1.26. The second-order valence-electron chi connectivity index (χ2n) is 5.85. The molecule has 8 nitrogen and oxygen atoms in total. The summed E-state index contributed by atoms with van der Waals surface area (Å²) in [5.41, 5.74) is -0.639. The molecule has 0 saturated carbocycles. The number of hydrogen-bond donors (Lipinski definition) is 1. The summed E-state index contributed by atoms with van der Waals surface area (Å²) in [5.74, 6) is -4.99. The van der Waals surface area contributed by atoms with Crippen LogP contribution in [0.15, 0.2) is 24.3 Å². The second kappa shape index (κ2) is 10.4. The lowest BCUT2D eigenvalue weighted by molar-refractivity contribution is -0.159. The lowest BCUT2D eigenvalue weighted by Crippen LogP contribution is -2.50. The molecule has 0 aliphatic carbocycles. The molecule has 2 atom stereocenters. The zero-order valence-electron chi connectivity index (χ0n) is 15.9. The zero-order chi connectivity index (χ0) is 22.2. The van der Waals surface area contributed by atoms with Crippen LogP contribution in [0, 0.1) is 5.92 Å². The van der Waals surface area contributed by atoms with Crippen molar-refractivity contribution in [2.75, 3.05) is 21.3 Å². The predicted molar refractivity (Wildman–Crippen MR) is 91.2 cm³/mol. The molecule has 0 aliphatic heterocycles. The Hall–Kier alpha value is -3.11. The maximum atomic E-state index is 12.6. The molecule has 0 saturated heterocycles. The van der Waals surface area contributed by atoms with E-state index in [0.717, 1.165) is 45.6 Å². The standard InChI is InChI=1S/C18H20F3NO7/c1-27-14(24)9-12(16(25)28-2)15(17(26)29-3)22-13(23)8-10-4-6-11(7-5-10)18(19,20)21/h4-7,12,15H,8-9H2,1-3H3,(H,22,23)/t12-,15+/m0/s1. The Morgan fingerprint density at radius 2 is 1.48 bits per heavy atom. The summed E-state index contributed by atoms with van der Waals surface area (Å²) < 4.78 is 51.4. The minimum atomic E-state index is -4.52. The van der Waals surface area contributed by atoms with Gasteiger partial charge < -0.3 is 19.5 Å². The number of nitrogens with one attached hydrogen (secondary N) is 1. The van der Waals surface area contributed by atoms with Gasteiger partial charge in [-0.2, -0.15) is 13.2 Å². The third-order valence-electron chi connectivity index (χ3n) is 3.94. The van der Waals surface area contributed by atoms with Crippen molar-refractivity contribution < 1.29 is 46.6 Å². The third kappa shape index (κ3) is 7.09. The minimum Gasteiger partial charge on any atom is -0.469 e. The molecule has 1 amide bonds. The van der Waals surface area contributed by atoms with Crippen molar-refractivity contribution in [3.8, 4) is 0 Å². The van der Waals surface area contributed by atoms with Gasteiger partial charge in [0.2, 0.25) is 5.91 Å². The van der Waals surface area contributed by atoms with E-state index in [-0.39, 0.29) is 12.0 Å². The SMILES string of the molecule is COC(=O)C[C@H](C(=O)OC)[C@@H](NC(=O)Cc1ccc(C(F)(F)F)cc1)C(=O)OC. The number of benzene rings is 1. The summed E-state index contributed by atoms with van der Waals surface area (Å²) in [6.45, 7) is 0. The van der Waals surface area contributed by atoms with Crippen molar-refractivity contribution >= 4 is 23.8 Å². The Morgan fingerprint density at radius 1 is 0.931 bits per heavy atom. The van der Waals surface area contributed by atoms with E-state index in [2.05, 4.69) is 19.5 Å². The number of carbonyl (C=O) groups is 4. The van der Waals surface area contributed by atoms with Crippen LogP contribution in [0.2, 0.25) is 0 Å². The topological polar surface area (TPSA) is 108 Å². The minimum absolute atomic E-state index is 0.238. The van der Waals surface area contributed by atoms with E-state index in [0.29, 0.717) is 0 Å². The van der Waals surface area contributed by atoms with Crippen LogP contribution in [0.1, 0.15) is 17.5 Å². The highest BCUT2D eigenvalue weighted by atomic mass is 19.4. The Bertz CT molecular complexity index is 747. The number of amides is 1. The first-order chi connectivity index (χ1) is 13.5. The van der Waals surface area contributed by atoms with Crippen LogP contribution in [-0.2, 0) is 46.0 Å². The third-order valence-corrected chi connectivity index (χ3v) is 3.94. The molecule has 0 radical (unpaired) electrons. The Balaban J connectivity index is 2.98. The van der Waals surface area contributed by atoms with E-state index in [1.807, 2.05) is 0 Å². The molecule has 160 valence electrons. The molecule has 11 heteroatoms. The monoisotopic (exact) mass is 419 g/mol. The van der Waals surface area contributed by atoms with Crippen LogP contribution in [0.25, 0.3) is 0 Å². The fourth-order valence-corrected chi connectivity index (χ4v) is 2.42. The van der Waals surface area contributed by atoms with Crippen molar-refractivity contribution in [2.24, 2.45) is 5.92 Å². The van der Waals surface area contributed by atoms with Gasteiger partial charge in [0.25, 0.3) is 0 Å². The molecule has 1 rings (SSSR count). The van der Waals surface area contributed by atoms with E-state index in [1.54, 1.807) is 0 Å². The van der Waals surface area contributed by atoms with Crippen LogP contribution in [0.3, 0.4) is 0 Å². The number of rotatable bonds is 8. The van der Waals surface area contributed by atoms with E-state index in [4.69, 9.17) is 0 Å². The molecular formula is C18H20F3NO7. The van der Waals surface area contributed by atoms with Crippen molar-refractivity contribution in [3.05, 3.63) is 35.4 Å². The van der Waals surface area contributed by atoms with Crippen molar-refractivity contribution in [2.45, 2.75) is 25.1 Å². The van der Waals surface area contributed by atoms with Gasteiger partial charge in [0.05, 0.1) is 45.7 Å². The average Bonchev–Trinajstić information content (AvgIpc) is 2.68.